The highest BCUT2D eigenvalue weighted by atomic mass is 32.1. The zero-order chi connectivity index (χ0) is 18.8. The molecule has 3 aromatic heterocycles. The van der Waals surface area contributed by atoms with Gasteiger partial charge in [0.25, 0.3) is 0 Å². The first kappa shape index (κ1) is 17.5. The summed E-state index contributed by atoms with van der Waals surface area (Å²) in [7, 11) is 0. The molecular formula is C20H18FN3O2S. The van der Waals surface area contributed by atoms with Crippen LogP contribution in [0.1, 0.15) is 18.4 Å². The molecule has 0 aliphatic heterocycles. The van der Waals surface area contributed by atoms with Gasteiger partial charge in [-0.3, -0.25) is 9.20 Å². The first-order chi connectivity index (χ1) is 13.1. The molecular weight excluding hydrogens is 365 g/mol. The molecule has 7 heteroatoms. The summed E-state index contributed by atoms with van der Waals surface area (Å²) in [4.78, 5) is 19.2. The third kappa shape index (κ3) is 3.78. The summed E-state index contributed by atoms with van der Waals surface area (Å²) >= 11 is 1.55. The maximum atomic E-state index is 13.1. The maximum Gasteiger partial charge on any atom is 0.219 e. The second kappa shape index (κ2) is 7.36. The summed E-state index contributed by atoms with van der Waals surface area (Å²) in [5, 5.41) is 2.06. The largest absolute Gasteiger partial charge is 0.467 e. The molecule has 0 spiro atoms. The van der Waals surface area contributed by atoms with E-state index >= 15 is 0 Å². The molecule has 3 heterocycles. The normalized spacial score (nSPS) is 11.2. The number of hydrogen-bond acceptors (Lipinski definition) is 4. The maximum absolute atomic E-state index is 13.1. The molecule has 1 amide bonds. The van der Waals surface area contributed by atoms with E-state index in [0.717, 1.165) is 27.7 Å². The van der Waals surface area contributed by atoms with Crippen molar-refractivity contribution in [3.63, 3.8) is 0 Å². The summed E-state index contributed by atoms with van der Waals surface area (Å²) in [6.07, 6.45) is 4.27. The fraction of sp³-hybridized carbons (Fsp3) is 0.200. The van der Waals surface area contributed by atoms with Crippen molar-refractivity contribution in [1.82, 2.24) is 14.3 Å². The van der Waals surface area contributed by atoms with Crippen LogP contribution in [0.3, 0.4) is 0 Å². The first-order valence-corrected chi connectivity index (χ1v) is 9.47. The van der Waals surface area contributed by atoms with E-state index in [1.807, 2.05) is 22.7 Å². The molecule has 5 nitrogen and oxygen atoms in total. The summed E-state index contributed by atoms with van der Waals surface area (Å²) in [5.74, 6) is 0.513. The monoisotopic (exact) mass is 383 g/mol. The Hall–Kier alpha value is -2.93. The SMILES string of the molecule is CC(=O)N(CCc1csc2nc(-c3ccc(F)cc3)cn12)Cc1ccco1. The fourth-order valence-electron chi connectivity index (χ4n) is 2.96. The van der Waals surface area contributed by atoms with E-state index in [4.69, 9.17) is 4.42 Å². The van der Waals surface area contributed by atoms with Gasteiger partial charge in [-0.15, -0.1) is 11.3 Å². The van der Waals surface area contributed by atoms with Crippen molar-refractivity contribution in [1.29, 1.82) is 0 Å². The number of carbonyl (C=O) groups is 1. The lowest BCUT2D eigenvalue weighted by Gasteiger charge is -2.19. The summed E-state index contributed by atoms with van der Waals surface area (Å²) < 4.78 is 20.5. The zero-order valence-electron chi connectivity index (χ0n) is 14.8. The Morgan fingerprint density at radius 3 is 2.81 bits per heavy atom. The van der Waals surface area contributed by atoms with Crippen LogP contribution in [0.4, 0.5) is 4.39 Å². The van der Waals surface area contributed by atoms with Crippen molar-refractivity contribution in [3.8, 4) is 11.3 Å². The predicted molar refractivity (Wildman–Crippen MR) is 102 cm³/mol. The number of imidazole rings is 1. The van der Waals surface area contributed by atoms with E-state index in [1.165, 1.54) is 12.1 Å². The molecule has 0 unspecified atom stereocenters. The lowest BCUT2D eigenvalue weighted by molar-refractivity contribution is -0.129. The molecule has 0 aliphatic carbocycles. The van der Waals surface area contributed by atoms with E-state index in [1.54, 1.807) is 41.6 Å². The summed E-state index contributed by atoms with van der Waals surface area (Å²) in [5.41, 5.74) is 2.77. The van der Waals surface area contributed by atoms with E-state index in [-0.39, 0.29) is 11.7 Å². The summed E-state index contributed by atoms with van der Waals surface area (Å²) in [6, 6.07) is 10.00. The van der Waals surface area contributed by atoms with Gasteiger partial charge in [0.15, 0.2) is 4.96 Å². The molecule has 4 rings (SSSR count). The molecule has 0 fully saturated rings. The lowest BCUT2D eigenvalue weighted by Crippen LogP contribution is -2.30. The highest BCUT2D eigenvalue weighted by molar-refractivity contribution is 7.15. The minimum absolute atomic E-state index is 0.00973. The average Bonchev–Trinajstić information content (AvgIpc) is 3.37. The standard InChI is InChI=1S/C20H18FN3O2S/c1-14(25)23(11-18-3-2-10-26-18)9-8-17-13-27-20-22-19(12-24(17)20)15-4-6-16(21)7-5-15/h2-7,10,12-13H,8-9,11H2,1H3. The van der Waals surface area contributed by atoms with Crippen molar-refractivity contribution in [2.75, 3.05) is 6.54 Å². The van der Waals surface area contributed by atoms with Gasteiger partial charge in [0.2, 0.25) is 5.91 Å². The number of fused-ring (bicyclic) bond motifs is 1. The smallest absolute Gasteiger partial charge is 0.219 e. The summed E-state index contributed by atoms with van der Waals surface area (Å²) in [6.45, 7) is 2.61. The Kier molecular flexibility index (Phi) is 4.77. The number of hydrogen-bond donors (Lipinski definition) is 0. The van der Waals surface area contributed by atoms with Gasteiger partial charge in [-0.25, -0.2) is 9.37 Å². The van der Waals surface area contributed by atoms with Gasteiger partial charge >= 0.3 is 0 Å². The van der Waals surface area contributed by atoms with E-state index in [9.17, 15) is 9.18 Å². The molecule has 0 atom stereocenters. The molecule has 138 valence electrons. The van der Waals surface area contributed by atoms with Gasteiger partial charge in [-0.2, -0.15) is 0 Å². The van der Waals surface area contributed by atoms with Gasteiger partial charge in [0, 0.05) is 42.7 Å². The predicted octanol–water partition coefficient (Wildman–Crippen LogP) is 4.39. The second-order valence-electron chi connectivity index (χ2n) is 6.28. The third-order valence-electron chi connectivity index (χ3n) is 4.43. The zero-order valence-corrected chi connectivity index (χ0v) is 15.6. The third-order valence-corrected chi connectivity index (χ3v) is 5.32. The van der Waals surface area contributed by atoms with Crippen molar-refractivity contribution < 1.29 is 13.6 Å². The van der Waals surface area contributed by atoms with Gasteiger partial charge in [0.1, 0.15) is 11.6 Å². The lowest BCUT2D eigenvalue weighted by atomic mass is 10.2. The molecule has 1 aromatic carbocycles. The number of benzene rings is 1. The number of halogens is 1. The van der Waals surface area contributed by atoms with E-state index in [0.29, 0.717) is 19.5 Å². The number of nitrogens with zero attached hydrogens (tertiary/aromatic N) is 3. The molecule has 0 saturated carbocycles. The van der Waals surface area contributed by atoms with Gasteiger partial charge in [0.05, 0.1) is 18.5 Å². The van der Waals surface area contributed by atoms with Crippen LogP contribution in [-0.4, -0.2) is 26.7 Å². The van der Waals surface area contributed by atoms with Crippen molar-refractivity contribution in [2.24, 2.45) is 0 Å². The molecule has 0 N–H and O–H groups in total. The number of aromatic nitrogens is 2. The highest BCUT2D eigenvalue weighted by Gasteiger charge is 2.14. The minimum Gasteiger partial charge on any atom is -0.467 e. The number of furan rings is 1. The number of thiazole rings is 1. The van der Waals surface area contributed by atoms with Crippen molar-refractivity contribution in [3.05, 3.63) is 71.5 Å². The molecule has 27 heavy (non-hydrogen) atoms. The molecule has 4 aromatic rings. The van der Waals surface area contributed by atoms with Crippen molar-refractivity contribution >= 4 is 22.2 Å². The quantitative estimate of drug-likeness (QED) is 0.496. The fourth-order valence-corrected chi connectivity index (χ4v) is 3.86. The average molecular weight is 383 g/mol. The minimum atomic E-state index is -0.263. The highest BCUT2D eigenvalue weighted by Crippen LogP contribution is 2.24. The topological polar surface area (TPSA) is 50.8 Å². The van der Waals surface area contributed by atoms with Crippen molar-refractivity contribution in [2.45, 2.75) is 19.9 Å². The molecule has 0 radical (unpaired) electrons. The van der Waals surface area contributed by atoms with Crippen LogP contribution in [0.5, 0.6) is 0 Å². The van der Waals surface area contributed by atoms with Gasteiger partial charge in [-0.1, -0.05) is 0 Å². The molecule has 0 aliphatic rings. The van der Waals surface area contributed by atoms with Crippen LogP contribution < -0.4 is 0 Å². The van der Waals surface area contributed by atoms with Gasteiger partial charge < -0.3 is 9.32 Å². The number of rotatable bonds is 6. The van der Waals surface area contributed by atoms with E-state index < -0.39 is 0 Å². The Balaban J connectivity index is 1.51. The molecule has 0 saturated heterocycles. The van der Waals surface area contributed by atoms with E-state index in [2.05, 4.69) is 10.4 Å². The van der Waals surface area contributed by atoms with Crippen LogP contribution >= 0.6 is 11.3 Å². The Morgan fingerprint density at radius 2 is 2.11 bits per heavy atom. The van der Waals surface area contributed by atoms with Crippen LogP contribution in [0.25, 0.3) is 16.2 Å². The first-order valence-electron chi connectivity index (χ1n) is 8.59. The number of amides is 1. The Morgan fingerprint density at radius 1 is 1.30 bits per heavy atom. The Labute approximate surface area is 159 Å². The Bertz CT molecular complexity index is 1050. The molecule has 0 bridgehead atoms. The van der Waals surface area contributed by atoms with Crippen LogP contribution in [0.2, 0.25) is 0 Å². The number of carbonyl (C=O) groups excluding carboxylic acids is 1. The van der Waals surface area contributed by atoms with Crippen LogP contribution in [0.15, 0.2) is 58.7 Å². The van der Waals surface area contributed by atoms with Crippen LogP contribution in [0, 0.1) is 5.82 Å². The van der Waals surface area contributed by atoms with Crippen LogP contribution in [-0.2, 0) is 17.8 Å². The second-order valence-corrected chi connectivity index (χ2v) is 7.12. The van der Waals surface area contributed by atoms with Gasteiger partial charge in [-0.05, 0) is 36.4 Å².